The third-order valence-corrected chi connectivity index (χ3v) is 4.87. The van der Waals surface area contributed by atoms with E-state index in [0.29, 0.717) is 22.9 Å². The normalized spacial score (nSPS) is 10.1. The van der Waals surface area contributed by atoms with Gasteiger partial charge < -0.3 is 24.3 Å². The van der Waals surface area contributed by atoms with Crippen molar-refractivity contribution < 1.29 is 28.5 Å². The standard InChI is InChI=1S/C20H23NO6S/c1-24-14-7-5-13(6-8-14)11-28-12-19(22)21-16-10-18(26-3)17(25-2)9-15(16)20(23)27-4/h5-10H,11-12H2,1-4H3,(H,21,22). The smallest absolute Gasteiger partial charge is 0.340 e. The summed E-state index contributed by atoms with van der Waals surface area (Å²) in [5, 5.41) is 2.74. The van der Waals surface area contributed by atoms with Gasteiger partial charge in [-0.3, -0.25) is 4.79 Å². The Morgan fingerprint density at radius 3 is 2.14 bits per heavy atom. The van der Waals surface area contributed by atoms with Crippen LogP contribution in [0.1, 0.15) is 15.9 Å². The van der Waals surface area contributed by atoms with Gasteiger partial charge in [0.25, 0.3) is 0 Å². The molecule has 0 unspecified atom stereocenters. The quantitative estimate of drug-likeness (QED) is 0.641. The molecule has 0 saturated carbocycles. The second kappa shape index (κ2) is 10.5. The summed E-state index contributed by atoms with van der Waals surface area (Å²) >= 11 is 1.46. The van der Waals surface area contributed by atoms with Gasteiger partial charge in [0.2, 0.25) is 5.91 Å². The summed E-state index contributed by atoms with van der Waals surface area (Å²) in [6.07, 6.45) is 0. The van der Waals surface area contributed by atoms with Gasteiger partial charge >= 0.3 is 5.97 Å². The molecule has 0 bridgehead atoms. The van der Waals surface area contributed by atoms with Crippen LogP contribution < -0.4 is 19.5 Å². The van der Waals surface area contributed by atoms with Gasteiger partial charge in [0.05, 0.1) is 45.4 Å². The van der Waals surface area contributed by atoms with E-state index in [2.05, 4.69) is 5.32 Å². The zero-order valence-electron chi connectivity index (χ0n) is 16.2. The van der Waals surface area contributed by atoms with E-state index in [-0.39, 0.29) is 17.2 Å². The number of carbonyl (C=O) groups excluding carboxylic acids is 2. The summed E-state index contributed by atoms with van der Waals surface area (Å²) in [7, 11) is 5.83. The van der Waals surface area contributed by atoms with Crippen molar-refractivity contribution in [3.63, 3.8) is 0 Å². The molecule has 0 fully saturated rings. The first-order valence-corrected chi connectivity index (χ1v) is 9.52. The molecule has 0 radical (unpaired) electrons. The summed E-state index contributed by atoms with van der Waals surface area (Å²) in [6, 6.07) is 10.7. The summed E-state index contributed by atoms with van der Waals surface area (Å²) in [4.78, 5) is 24.4. The molecule has 0 aliphatic carbocycles. The number of rotatable bonds is 9. The molecule has 0 aromatic heterocycles. The van der Waals surface area contributed by atoms with Crippen LogP contribution in [0.25, 0.3) is 0 Å². The van der Waals surface area contributed by atoms with Gasteiger partial charge in [-0.15, -0.1) is 11.8 Å². The van der Waals surface area contributed by atoms with Crippen LogP contribution in [0.5, 0.6) is 17.2 Å². The van der Waals surface area contributed by atoms with E-state index in [1.807, 2.05) is 24.3 Å². The predicted molar refractivity (Wildman–Crippen MR) is 109 cm³/mol. The van der Waals surface area contributed by atoms with Crippen molar-refractivity contribution >= 4 is 29.3 Å². The van der Waals surface area contributed by atoms with Crippen molar-refractivity contribution in [2.45, 2.75) is 5.75 Å². The average Bonchev–Trinajstić information content (AvgIpc) is 2.73. The zero-order valence-corrected chi connectivity index (χ0v) is 17.1. The summed E-state index contributed by atoms with van der Waals surface area (Å²) in [5.74, 6) is 1.63. The Hall–Kier alpha value is -2.87. The lowest BCUT2D eigenvalue weighted by atomic mass is 10.1. The van der Waals surface area contributed by atoms with Gasteiger partial charge in [0, 0.05) is 17.9 Å². The fourth-order valence-electron chi connectivity index (χ4n) is 2.43. The minimum absolute atomic E-state index is 0.189. The zero-order chi connectivity index (χ0) is 20.5. The second-order valence-corrected chi connectivity index (χ2v) is 6.62. The van der Waals surface area contributed by atoms with Gasteiger partial charge in [0.1, 0.15) is 5.75 Å². The van der Waals surface area contributed by atoms with E-state index in [1.165, 1.54) is 45.2 Å². The molecular weight excluding hydrogens is 382 g/mol. The average molecular weight is 405 g/mol. The number of carbonyl (C=O) groups is 2. The molecule has 0 atom stereocenters. The molecule has 1 amide bonds. The van der Waals surface area contributed by atoms with E-state index in [9.17, 15) is 9.59 Å². The highest BCUT2D eigenvalue weighted by Crippen LogP contribution is 2.34. The predicted octanol–water partition coefficient (Wildman–Crippen LogP) is 3.37. The number of benzene rings is 2. The van der Waals surface area contributed by atoms with Crippen LogP contribution >= 0.6 is 11.8 Å². The molecule has 7 nitrogen and oxygen atoms in total. The lowest BCUT2D eigenvalue weighted by Crippen LogP contribution is -2.17. The van der Waals surface area contributed by atoms with Crippen LogP contribution in [0.3, 0.4) is 0 Å². The molecule has 2 rings (SSSR count). The molecule has 0 aliphatic heterocycles. The number of amides is 1. The monoisotopic (exact) mass is 405 g/mol. The van der Waals surface area contributed by atoms with Crippen LogP contribution in [0.4, 0.5) is 5.69 Å². The lowest BCUT2D eigenvalue weighted by Gasteiger charge is -2.14. The van der Waals surface area contributed by atoms with Gasteiger partial charge in [-0.1, -0.05) is 12.1 Å². The van der Waals surface area contributed by atoms with Crippen LogP contribution in [0.2, 0.25) is 0 Å². The Bertz CT molecular complexity index is 822. The number of hydrogen-bond acceptors (Lipinski definition) is 7. The molecule has 0 saturated heterocycles. The SMILES string of the molecule is COC(=O)c1cc(OC)c(OC)cc1NC(=O)CSCc1ccc(OC)cc1. The second-order valence-electron chi connectivity index (χ2n) is 5.63. The Morgan fingerprint density at radius 2 is 1.57 bits per heavy atom. The van der Waals surface area contributed by atoms with Crippen molar-refractivity contribution in [3.05, 3.63) is 47.5 Å². The van der Waals surface area contributed by atoms with E-state index < -0.39 is 5.97 Å². The van der Waals surface area contributed by atoms with Gasteiger partial charge in [-0.05, 0) is 17.7 Å². The number of esters is 1. The minimum atomic E-state index is -0.581. The van der Waals surface area contributed by atoms with Crippen LogP contribution in [0, 0.1) is 0 Å². The first-order chi connectivity index (χ1) is 13.5. The fourth-order valence-corrected chi connectivity index (χ4v) is 3.22. The maximum absolute atomic E-state index is 12.3. The minimum Gasteiger partial charge on any atom is -0.497 e. The highest BCUT2D eigenvalue weighted by atomic mass is 32.2. The van der Waals surface area contributed by atoms with Crippen molar-refractivity contribution in [3.8, 4) is 17.2 Å². The van der Waals surface area contributed by atoms with Crippen molar-refractivity contribution in [2.24, 2.45) is 0 Å². The van der Waals surface area contributed by atoms with E-state index in [4.69, 9.17) is 18.9 Å². The lowest BCUT2D eigenvalue weighted by molar-refractivity contribution is -0.113. The topological polar surface area (TPSA) is 83.1 Å². The largest absolute Gasteiger partial charge is 0.497 e. The van der Waals surface area contributed by atoms with Gasteiger partial charge in [0.15, 0.2) is 11.5 Å². The Morgan fingerprint density at radius 1 is 0.929 bits per heavy atom. The molecular formula is C20H23NO6S. The van der Waals surface area contributed by atoms with Gasteiger partial charge in [-0.2, -0.15) is 0 Å². The van der Waals surface area contributed by atoms with Crippen molar-refractivity contribution in [1.82, 2.24) is 0 Å². The van der Waals surface area contributed by atoms with Crippen molar-refractivity contribution in [1.29, 1.82) is 0 Å². The number of ether oxygens (including phenoxy) is 4. The number of thioether (sulfide) groups is 1. The Balaban J connectivity index is 2.04. The number of hydrogen-bond donors (Lipinski definition) is 1. The molecule has 0 heterocycles. The Labute approximate surface area is 168 Å². The summed E-state index contributed by atoms with van der Waals surface area (Å²) in [6.45, 7) is 0. The molecule has 2 aromatic rings. The molecule has 28 heavy (non-hydrogen) atoms. The van der Waals surface area contributed by atoms with E-state index in [1.54, 1.807) is 7.11 Å². The number of anilines is 1. The highest BCUT2D eigenvalue weighted by molar-refractivity contribution is 7.99. The Kier molecular flexibility index (Phi) is 8.01. The van der Waals surface area contributed by atoms with E-state index in [0.717, 1.165) is 11.3 Å². The third kappa shape index (κ3) is 5.56. The summed E-state index contributed by atoms with van der Waals surface area (Å²) in [5.41, 5.74) is 1.58. The molecule has 8 heteroatoms. The molecule has 2 aromatic carbocycles. The van der Waals surface area contributed by atoms with Crippen molar-refractivity contribution in [2.75, 3.05) is 39.5 Å². The summed E-state index contributed by atoms with van der Waals surface area (Å²) < 4.78 is 20.4. The number of methoxy groups -OCH3 is 4. The first-order valence-electron chi connectivity index (χ1n) is 8.37. The van der Waals surface area contributed by atoms with Crippen LogP contribution in [-0.2, 0) is 15.3 Å². The maximum atomic E-state index is 12.3. The molecule has 0 spiro atoms. The molecule has 150 valence electrons. The third-order valence-electron chi connectivity index (χ3n) is 3.86. The number of nitrogens with one attached hydrogen (secondary N) is 1. The highest BCUT2D eigenvalue weighted by Gasteiger charge is 2.19. The molecule has 1 N–H and O–H groups in total. The first kappa shape index (κ1) is 21.4. The molecule has 0 aliphatic rings. The van der Waals surface area contributed by atoms with Crippen LogP contribution in [0.15, 0.2) is 36.4 Å². The van der Waals surface area contributed by atoms with Crippen LogP contribution in [-0.4, -0.2) is 46.1 Å². The van der Waals surface area contributed by atoms with Gasteiger partial charge in [-0.25, -0.2) is 4.79 Å². The van der Waals surface area contributed by atoms with E-state index >= 15 is 0 Å². The maximum Gasteiger partial charge on any atom is 0.340 e. The fraction of sp³-hybridized carbons (Fsp3) is 0.300.